The van der Waals surface area contributed by atoms with Crippen LogP contribution in [-0.4, -0.2) is 47.7 Å². The van der Waals surface area contributed by atoms with Gasteiger partial charge in [0.15, 0.2) is 11.5 Å². The van der Waals surface area contributed by atoms with E-state index in [1.165, 1.54) is 4.90 Å². The van der Waals surface area contributed by atoms with E-state index in [1.807, 2.05) is 6.92 Å². The Morgan fingerprint density at radius 1 is 1.29 bits per heavy atom. The van der Waals surface area contributed by atoms with Gasteiger partial charge in [-0.25, -0.2) is 4.79 Å². The van der Waals surface area contributed by atoms with Gasteiger partial charge in [-0.15, -0.1) is 0 Å². The molecule has 0 aromatic heterocycles. The zero-order chi connectivity index (χ0) is 17.3. The number of piperidine rings is 1. The van der Waals surface area contributed by atoms with Crippen LogP contribution in [0.1, 0.15) is 25.3 Å². The first-order chi connectivity index (χ1) is 11.5. The molecule has 1 amide bonds. The predicted octanol–water partition coefficient (Wildman–Crippen LogP) is 2.47. The number of carbonyl (C=O) groups is 2. The molecule has 2 heterocycles. The molecule has 7 heteroatoms. The van der Waals surface area contributed by atoms with Crippen LogP contribution < -0.4 is 9.47 Å². The van der Waals surface area contributed by atoms with Crippen molar-refractivity contribution >= 4 is 27.8 Å². The predicted molar refractivity (Wildman–Crippen MR) is 90.4 cm³/mol. The first-order valence-electron chi connectivity index (χ1n) is 8.06. The molecule has 2 aliphatic heterocycles. The molecule has 2 atom stereocenters. The van der Waals surface area contributed by atoms with Crippen LogP contribution >= 0.6 is 15.9 Å². The topological polar surface area (TPSA) is 76.1 Å². The minimum atomic E-state index is -0.934. The van der Waals surface area contributed by atoms with Gasteiger partial charge in [0.25, 0.3) is 0 Å². The standard InChI is InChI=1S/C17H20BrNO5/c1-10-2-3-19(13(6-10)17(21)22)16(20)8-11-7-14-15(9-12(11)18)24-5-4-23-14/h7,9-10,13H,2-6,8H2,1H3,(H,21,22). The number of ether oxygens (including phenoxy) is 2. The Morgan fingerprint density at radius 2 is 1.96 bits per heavy atom. The molecule has 1 aromatic carbocycles. The van der Waals surface area contributed by atoms with Gasteiger partial charge in [0, 0.05) is 11.0 Å². The van der Waals surface area contributed by atoms with Crippen molar-refractivity contribution in [1.29, 1.82) is 0 Å². The second-order valence-electron chi connectivity index (χ2n) is 6.33. The van der Waals surface area contributed by atoms with Crippen LogP contribution in [0.5, 0.6) is 11.5 Å². The van der Waals surface area contributed by atoms with Crippen molar-refractivity contribution in [2.75, 3.05) is 19.8 Å². The summed E-state index contributed by atoms with van der Waals surface area (Å²) in [6, 6.07) is 2.85. The Hall–Kier alpha value is -1.76. The van der Waals surface area contributed by atoms with E-state index >= 15 is 0 Å². The minimum Gasteiger partial charge on any atom is -0.486 e. The van der Waals surface area contributed by atoms with Crippen molar-refractivity contribution in [3.05, 3.63) is 22.2 Å². The van der Waals surface area contributed by atoms with E-state index in [4.69, 9.17) is 9.47 Å². The SMILES string of the molecule is CC1CCN(C(=O)Cc2cc3c(cc2Br)OCCO3)C(C(=O)O)C1. The maximum atomic E-state index is 12.7. The number of hydrogen-bond donors (Lipinski definition) is 1. The number of aliphatic carboxylic acids is 1. The number of carbonyl (C=O) groups excluding carboxylic acids is 1. The highest BCUT2D eigenvalue weighted by molar-refractivity contribution is 9.10. The molecule has 24 heavy (non-hydrogen) atoms. The summed E-state index contributed by atoms with van der Waals surface area (Å²) in [5.74, 6) is 0.479. The molecule has 2 aliphatic rings. The van der Waals surface area contributed by atoms with Crippen molar-refractivity contribution < 1.29 is 24.2 Å². The Labute approximate surface area is 148 Å². The van der Waals surface area contributed by atoms with Crippen molar-refractivity contribution in [3.8, 4) is 11.5 Å². The Bertz CT molecular complexity index is 663. The summed E-state index contributed by atoms with van der Waals surface area (Å²) < 4.78 is 11.8. The number of amides is 1. The highest BCUT2D eigenvalue weighted by atomic mass is 79.9. The number of hydrogen-bond acceptors (Lipinski definition) is 4. The smallest absolute Gasteiger partial charge is 0.326 e. The molecule has 0 radical (unpaired) electrons. The average molecular weight is 398 g/mol. The molecule has 0 bridgehead atoms. The number of benzene rings is 1. The third-order valence-electron chi connectivity index (χ3n) is 4.52. The summed E-state index contributed by atoms with van der Waals surface area (Å²) in [5.41, 5.74) is 0.770. The molecule has 1 N–H and O–H groups in total. The number of rotatable bonds is 3. The summed E-state index contributed by atoms with van der Waals surface area (Å²) in [6.45, 7) is 3.49. The second kappa shape index (κ2) is 7.01. The summed E-state index contributed by atoms with van der Waals surface area (Å²) in [6.07, 6.45) is 1.47. The Kier molecular flexibility index (Phi) is 4.99. The molecular formula is C17H20BrNO5. The van der Waals surface area contributed by atoms with Crippen LogP contribution in [0, 0.1) is 5.92 Å². The molecule has 3 rings (SSSR count). The van der Waals surface area contributed by atoms with E-state index in [0.717, 1.165) is 16.5 Å². The van der Waals surface area contributed by atoms with E-state index in [1.54, 1.807) is 12.1 Å². The number of halogens is 1. The van der Waals surface area contributed by atoms with Crippen LogP contribution in [0.3, 0.4) is 0 Å². The highest BCUT2D eigenvalue weighted by Gasteiger charge is 2.34. The third-order valence-corrected chi connectivity index (χ3v) is 5.26. The lowest BCUT2D eigenvalue weighted by Crippen LogP contribution is -2.50. The average Bonchev–Trinajstić information content (AvgIpc) is 2.55. The largest absolute Gasteiger partial charge is 0.486 e. The van der Waals surface area contributed by atoms with Crippen molar-refractivity contribution in [2.45, 2.75) is 32.2 Å². The van der Waals surface area contributed by atoms with Gasteiger partial charge in [0.1, 0.15) is 19.3 Å². The van der Waals surface area contributed by atoms with Crippen LogP contribution in [0.2, 0.25) is 0 Å². The lowest BCUT2D eigenvalue weighted by atomic mass is 9.92. The maximum absolute atomic E-state index is 12.7. The zero-order valence-corrected chi connectivity index (χ0v) is 15.0. The van der Waals surface area contributed by atoms with Gasteiger partial charge in [-0.2, -0.15) is 0 Å². The molecule has 0 aliphatic carbocycles. The lowest BCUT2D eigenvalue weighted by Gasteiger charge is -2.36. The Morgan fingerprint density at radius 3 is 2.62 bits per heavy atom. The van der Waals surface area contributed by atoms with Gasteiger partial charge in [-0.1, -0.05) is 22.9 Å². The number of carboxylic acid groups (broad SMARTS) is 1. The van der Waals surface area contributed by atoms with Crippen molar-refractivity contribution in [1.82, 2.24) is 4.90 Å². The van der Waals surface area contributed by atoms with E-state index < -0.39 is 12.0 Å². The molecule has 6 nitrogen and oxygen atoms in total. The number of fused-ring (bicyclic) bond motifs is 1. The van der Waals surface area contributed by atoms with Gasteiger partial charge in [0.05, 0.1) is 6.42 Å². The highest BCUT2D eigenvalue weighted by Crippen LogP contribution is 2.36. The number of carboxylic acids is 1. The van der Waals surface area contributed by atoms with Crippen molar-refractivity contribution in [2.24, 2.45) is 5.92 Å². The molecule has 1 fully saturated rings. The van der Waals surface area contributed by atoms with Crippen LogP contribution in [0.25, 0.3) is 0 Å². The zero-order valence-electron chi connectivity index (χ0n) is 13.5. The van der Waals surface area contributed by atoms with E-state index in [2.05, 4.69) is 15.9 Å². The van der Waals surface area contributed by atoms with Crippen LogP contribution in [-0.2, 0) is 16.0 Å². The van der Waals surface area contributed by atoms with Gasteiger partial charge in [-0.3, -0.25) is 4.79 Å². The fourth-order valence-corrected chi connectivity index (χ4v) is 3.64. The van der Waals surface area contributed by atoms with E-state index in [9.17, 15) is 14.7 Å². The van der Waals surface area contributed by atoms with Crippen LogP contribution in [0.15, 0.2) is 16.6 Å². The molecular weight excluding hydrogens is 378 g/mol. The quantitative estimate of drug-likeness (QED) is 0.847. The minimum absolute atomic E-state index is 0.134. The molecule has 2 unspecified atom stereocenters. The van der Waals surface area contributed by atoms with Crippen molar-refractivity contribution in [3.63, 3.8) is 0 Å². The summed E-state index contributed by atoms with van der Waals surface area (Å²) in [4.78, 5) is 25.7. The molecule has 0 spiro atoms. The molecule has 1 saturated heterocycles. The normalized spacial score (nSPS) is 23.0. The number of nitrogens with zero attached hydrogens (tertiary/aromatic N) is 1. The first-order valence-corrected chi connectivity index (χ1v) is 8.85. The fourth-order valence-electron chi connectivity index (χ4n) is 3.18. The van der Waals surface area contributed by atoms with E-state index in [-0.39, 0.29) is 12.3 Å². The first kappa shape index (κ1) is 17.1. The van der Waals surface area contributed by atoms with Gasteiger partial charge in [0.2, 0.25) is 5.91 Å². The summed E-state index contributed by atoms with van der Waals surface area (Å²) in [7, 11) is 0. The Balaban J connectivity index is 1.77. The monoisotopic (exact) mass is 397 g/mol. The number of likely N-dealkylation sites (tertiary alicyclic amines) is 1. The third kappa shape index (κ3) is 3.50. The molecule has 1 aromatic rings. The molecule has 130 valence electrons. The lowest BCUT2D eigenvalue weighted by molar-refractivity contribution is -0.152. The van der Waals surface area contributed by atoms with Gasteiger partial charge in [-0.05, 0) is 36.5 Å². The van der Waals surface area contributed by atoms with Crippen LogP contribution in [0.4, 0.5) is 0 Å². The van der Waals surface area contributed by atoms with Gasteiger partial charge < -0.3 is 19.5 Å². The maximum Gasteiger partial charge on any atom is 0.326 e. The summed E-state index contributed by atoms with van der Waals surface area (Å²) in [5, 5.41) is 9.41. The summed E-state index contributed by atoms with van der Waals surface area (Å²) >= 11 is 3.46. The fraction of sp³-hybridized carbons (Fsp3) is 0.529. The van der Waals surface area contributed by atoms with Gasteiger partial charge >= 0.3 is 5.97 Å². The van der Waals surface area contributed by atoms with E-state index in [0.29, 0.717) is 43.6 Å². The molecule has 0 saturated carbocycles. The second-order valence-corrected chi connectivity index (χ2v) is 7.19.